The summed E-state index contributed by atoms with van der Waals surface area (Å²) in [6, 6.07) is 14.4. The van der Waals surface area contributed by atoms with Crippen LogP contribution >= 0.6 is 11.3 Å². The minimum atomic E-state index is 0.706. The number of oxazole rings is 1. The second-order valence-electron chi connectivity index (χ2n) is 4.79. The zero-order valence-electron chi connectivity index (χ0n) is 11.0. The van der Waals surface area contributed by atoms with Gasteiger partial charge in [-0.15, -0.1) is 11.3 Å². The Morgan fingerprint density at radius 3 is 2.85 bits per heavy atom. The Balaban J connectivity index is 1.72. The SMILES string of the molecule is Cc1nc2cc(Cc3nc4ccccc4s3)ccc2o1. The second-order valence-corrected chi connectivity index (χ2v) is 5.90. The van der Waals surface area contributed by atoms with Crippen molar-refractivity contribution in [3.63, 3.8) is 0 Å². The Hall–Kier alpha value is -2.20. The van der Waals surface area contributed by atoms with Crippen molar-refractivity contribution in [1.82, 2.24) is 9.97 Å². The third kappa shape index (κ3) is 1.98. The predicted molar refractivity (Wildman–Crippen MR) is 81.2 cm³/mol. The maximum atomic E-state index is 5.50. The van der Waals surface area contributed by atoms with E-state index in [4.69, 9.17) is 4.42 Å². The molecular formula is C16H12N2OS. The first-order valence-corrected chi connectivity index (χ1v) is 7.30. The van der Waals surface area contributed by atoms with Gasteiger partial charge in [0.1, 0.15) is 5.52 Å². The predicted octanol–water partition coefficient (Wildman–Crippen LogP) is 4.34. The van der Waals surface area contributed by atoms with E-state index in [1.165, 1.54) is 10.3 Å². The van der Waals surface area contributed by atoms with Crippen LogP contribution in [0.3, 0.4) is 0 Å². The standard InChI is InChI=1S/C16H12N2OS/c1-10-17-13-8-11(6-7-14(13)19-10)9-16-18-12-4-2-3-5-15(12)20-16/h2-8H,9H2,1H3. The molecule has 0 spiro atoms. The highest BCUT2D eigenvalue weighted by molar-refractivity contribution is 7.18. The molecule has 0 fully saturated rings. The Bertz CT molecular complexity index is 874. The van der Waals surface area contributed by atoms with E-state index in [-0.39, 0.29) is 0 Å². The van der Waals surface area contributed by atoms with E-state index < -0.39 is 0 Å². The van der Waals surface area contributed by atoms with Gasteiger partial charge < -0.3 is 4.42 Å². The molecule has 0 radical (unpaired) electrons. The van der Waals surface area contributed by atoms with Gasteiger partial charge in [0.05, 0.1) is 15.2 Å². The zero-order valence-corrected chi connectivity index (χ0v) is 11.8. The molecule has 3 nitrogen and oxygen atoms in total. The van der Waals surface area contributed by atoms with Crippen LogP contribution in [0.5, 0.6) is 0 Å². The average molecular weight is 280 g/mol. The molecule has 0 amide bonds. The maximum Gasteiger partial charge on any atom is 0.192 e. The minimum absolute atomic E-state index is 0.706. The van der Waals surface area contributed by atoms with E-state index in [2.05, 4.69) is 40.3 Å². The first-order valence-electron chi connectivity index (χ1n) is 6.48. The van der Waals surface area contributed by atoms with Crippen LogP contribution < -0.4 is 0 Å². The number of para-hydroxylation sites is 1. The number of rotatable bonds is 2. The summed E-state index contributed by atoms with van der Waals surface area (Å²) in [5.41, 5.74) is 4.05. The third-order valence-corrected chi connectivity index (χ3v) is 4.29. The summed E-state index contributed by atoms with van der Waals surface area (Å²) in [4.78, 5) is 9.04. The smallest absolute Gasteiger partial charge is 0.192 e. The van der Waals surface area contributed by atoms with Crippen LogP contribution in [0.2, 0.25) is 0 Å². The van der Waals surface area contributed by atoms with Crippen molar-refractivity contribution in [3.8, 4) is 0 Å². The van der Waals surface area contributed by atoms with Crippen LogP contribution in [0.15, 0.2) is 46.9 Å². The fraction of sp³-hybridized carbons (Fsp3) is 0.125. The molecule has 2 heterocycles. The molecule has 20 heavy (non-hydrogen) atoms. The lowest BCUT2D eigenvalue weighted by atomic mass is 10.1. The molecule has 0 unspecified atom stereocenters. The minimum Gasteiger partial charge on any atom is -0.441 e. The Morgan fingerprint density at radius 1 is 1.05 bits per heavy atom. The van der Waals surface area contributed by atoms with Gasteiger partial charge in [-0.1, -0.05) is 18.2 Å². The fourth-order valence-electron chi connectivity index (χ4n) is 2.37. The number of fused-ring (bicyclic) bond motifs is 2. The van der Waals surface area contributed by atoms with E-state index in [0.717, 1.165) is 28.0 Å². The Kier molecular flexibility index (Phi) is 2.57. The van der Waals surface area contributed by atoms with E-state index in [1.54, 1.807) is 11.3 Å². The average Bonchev–Trinajstić information content (AvgIpc) is 2.99. The molecule has 4 rings (SSSR count). The zero-order chi connectivity index (χ0) is 13.5. The van der Waals surface area contributed by atoms with E-state index in [9.17, 15) is 0 Å². The summed E-state index contributed by atoms with van der Waals surface area (Å²) in [5, 5.41) is 1.13. The molecule has 98 valence electrons. The highest BCUT2D eigenvalue weighted by atomic mass is 32.1. The number of hydrogen-bond donors (Lipinski definition) is 0. The van der Waals surface area contributed by atoms with Crippen molar-refractivity contribution < 1.29 is 4.42 Å². The van der Waals surface area contributed by atoms with E-state index >= 15 is 0 Å². The van der Waals surface area contributed by atoms with Gasteiger partial charge in [0.2, 0.25) is 0 Å². The van der Waals surface area contributed by atoms with Crippen molar-refractivity contribution in [1.29, 1.82) is 0 Å². The first-order chi connectivity index (χ1) is 9.78. The molecule has 0 N–H and O–H groups in total. The molecule has 0 bridgehead atoms. The Labute approximate surface area is 119 Å². The summed E-state index contributed by atoms with van der Waals surface area (Å²) in [6.07, 6.45) is 0.835. The fourth-order valence-corrected chi connectivity index (χ4v) is 3.37. The van der Waals surface area contributed by atoms with Crippen LogP contribution in [0, 0.1) is 6.92 Å². The molecule has 0 aliphatic carbocycles. The molecule has 0 atom stereocenters. The number of nitrogens with zero attached hydrogens (tertiary/aromatic N) is 2. The van der Waals surface area contributed by atoms with Crippen molar-refractivity contribution in [2.45, 2.75) is 13.3 Å². The monoisotopic (exact) mass is 280 g/mol. The molecule has 0 aliphatic heterocycles. The summed E-state index contributed by atoms with van der Waals surface area (Å²) < 4.78 is 6.73. The summed E-state index contributed by atoms with van der Waals surface area (Å²) in [5.74, 6) is 0.706. The maximum absolute atomic E-state index is 5.50. The van der Waals surface area contributed by atoms with Crippen molar-refractivity contribution in [2.75, 3.05) is 0 Å². The number of thiazole rings is 1. The van der Waals surface area contributed by atoms with Gasteiger partial charge >= 0.3 is 0 Å². The van der Waals surface area contributed by atoms with E-state index in [0.29, 0.717) is 5.89 Å². The highest BCUT2D eigenvalue weighted by Crippen LogP contribution is 2.25. The van der Waals surface area contributed by atoms with Crippen molar-refractivity contribution >= 4 is 32.7 Å². The van der Waals surface area contributed by atoms with Crippen LogP contribution in [0.4, 0.5) is 0 Å². The molecular weight excluding hydrogens is 268 g/mol. The Morgan fingerprint density at radius 2 is 1.95 bits per heavy atom. The van der Waals surface area contributed by atoms with Gasteiger partial charge in [-0.3, -0.25) is 0 Å². The van der Waals surface area contributed by atoms with E-state index in [1.807, 2.05) is 19.1 Å². The van der Waals surface area contributed by atoms with Gasteiger partial charge in [0.15, 0.2) is 11.5 Å². The molecule has 0 aliphatic rings. The van der Waals surface area contributed by atoms with Crippen LogP contribution in [-0.4, -0.2) is 9.97 Å². The van der Waals surface area contributed by atoms with Crippen molar-refractivity contribution in [2.24, 2.45) is 0 Å². The third-order valence-electron chi connectivity index (χ3n) is 3.25. The molecule has 0 saturated heterocycles. The molecule has 4 aromatic rings. The van der Waals surface area contributed by atoms with Crippen LogP contribution in [0.25, 0.3) is 21.3 Å². The summed E-state index contributed by atoms with van der Waals surface area (Å²) in [7, 11) is 0. The van der Waals surface area contributed by atoms with Crippen molar-refractivity contribution in [3.05, 3.63) is 58.9 Å². The lowest BCUT2D eigenvalue weighted by Gasteiger charge is -1.96. The van der Waals surface area contributed by atoms with Gasteiger partial charge in [-0.05, 0) is 29.8 Å². The summed E-state index contributed by atoms with van der Waals surface area (Å²) >= 11 is 1.75. The van der Waals surface area contributed by atoms with Gasteiger partial charge in [0.25, 0.3) is 0 Å². The topological polar surface area (TPSA) is 38.9 Å². The summed E-state index contributed by atoms with van der Waals surface area (Å²) in [6.45, 7) is 1.87. The number of hydrogen-bond acceptors (Lipinski definition) is 4. The molecule has 4 heteroatoms. The lowest BCUT2D eigenvalue weighted by Crippen LogP contribution is -1.86. The largest absolute Gasteiger partial charge is 0.441 e. The number of aryl methyl sites for hydroxylation is 1. The second kappa shape index (κ2) is 4.42. The van der Waals surface area contributed by atoms with Gasteiger partial charge in [0, 0.05) is 13.3 Å². The number of aromatic nitrogens is 2. The van der Waals surface area contributed by atoms with Crippen LogP contribution in [-0.2, 0) is 6.42 Å². The molecule has 0 saturated carbocycles. The molecule has 2 aromatic carbocycles. The quantitative estimate of drug-likeness (QED) is 0.548. The van der Waals surface area contributed by atoms with Gasteiger partial charge in [-0.2, -0.15) is 0 Å². The van der Waals surface area contributed by atoms with Gasteiger partial charge in [-0.25, -0.2) is 9.97 Å². The lowest BCUT2D eigenvalue weighted by molar-refractivity contribution is 0.561. The first kappa shape index (κ1) is 11.6. The number of benzene rings is 2. The normalized spacial score (nSPS) is 11.4. The highest BCUT2D eigenvalue weighted by Gasteiger charge is 2.07. The van der Waals surface area contributed by atoms with Crippen LogP contribution in [0.1, 0.15) is 16.5 Å². The molecule has 2 aromatic heterocycles.